The number of likely N-dealkylation sites (tertiary alicyclic amines) is 1. The van der Waals surface area contributed by atoms with Crippen molar-refractivity contribution in [3.63, 3.8) is 0 Å². The maximum atomic E-state index is 12.8. The van der Waals surface area contributed by atoms with Gasteiger partial charge in [-0.2, -0.15) is 0 Å². The minimum absolute atomic E-state index is 0.00773. The van der Waals surface area contributed by atoms with Crippen LogP contribution in [-0.4, -0.2) is 46.4 Å². The van der Waals surface area contributed by atoms with E-state index in [0.717, 1.165) is 25.7 Å². The molecule has 1 saturated carbocycles. The van der Waals surface area contributed by atoms with Crippen LogP contribution in [0.4, 0.5) is 0 Å². The molecule has 1 aliphatic heterocycles. The zero-order chi connectivity index (χ0) is 17.0. The fourth-order valence-electron chi connectivity index (χ4n) is 3.62. The molecule has 130 valence electrons. The van der Waals surface area contributed by atoms with Gasteiger partial charge in [0.1, 0.15) is 12.1 Å². The Hall–Kier alpha value is -1.59. The van der Waals surface area contributed by atoms with E-state index in [4.69, 9.17) is 0 Å². The predicted octanol–water partition coefficient (Wildman–Crippen LogP) is 1.78. The average Bonchev–Trinajstić information content (AvgIpc) is 3.02. The maximum Gasteiger partial charge on any atom is 0.326 e. The van der Waals surface area contributed by atoms with Gasteiger partial charge >= 0.3 is 5.97 Å². The third kappa shape index (κ3) is 4.24. The molecule has 1 saturated heterocycles. The van der Waals surface area contributed by atoms with Gasteiger partial charge in [0, 0.05) is 12.5 Å². The Kier molecular flexibility index (Phi) is 6.02. The monoisotopic (exact) mass is 324 g/mol. The van der Waals surface area contributed by atoms with Gasteiger partial charge in [0.25, 0.3) is 0 Å². The summed E-state index contributed by atoms with van der Waals surface area (Å²) in [6, 6.07) is -1.39. The molecule has 0 aromatic heterocycles. The first-order chi connectivity index (χ1) is 10.9. The number of nitrogens with zero attached hydrogens (tertiary/aromatic N) is 1. The number of hydrogen-bond acceptors (Lipinski definition) is 3. The van der Waals surface area contributed by atoms with Gasteiger partial charge in [-0.05, 0) is 31.6 Å². The maximum absolute atomic E-state index is 12.8. The van der Waals surface area contributed by atoms with E-state index in [1.165, 1.54) is 11.3 Å². The summed E-state index contributed by atoms with van der Waals surface area (Å²) in [5.41, 5.74) is 0. The van der Waals surface area contributed by atoms with Crippen LogP contribution in [0.15, 0.2) is 0 Å². The summed E-state index contributed by atoms with van der Waals surface area (Å²) in [7, 11) is 0. The molecule has 0 spiro atoms. The van der Waals surface area contributed by atoms with Crippen LogP contribution in [0.25, 0.3) is 0 Å². The second kappa shape index (κ2) is 7.79. The molecule has 1 aliphatic carbocycles. The van der Waals surface area contributed by atoms with Crippen molar-refractivity contribution in [1.82, 2.24) is 10.2 Å². The Labute approximate surface area is 137 Å². The van der Waals surface area contributed by atoms with Gasteiger partial charge < -0.3 is 15.3 Å². The molecule has 2 N–H and O–H groups in total. The van der Waals surface area contributed by atoms with Gasteiger partial charge in [-0.25, -0.2) is 4.79 Å². The number of carbonyl (C=O) groups excluding carboxylic acids is 2. The summed E-state index contributed by atoms with van der Waals surface area (Å²) in [5, 5.41) is 12.2. The molecule has 1 heterocycles. The molecule has 1 unspecified atom stereocenters. The normalized spacial score (nSPS) is 23.8. The predicted molar refractivity (Wildman–Crippen MR) is 85.7 cm³/mol. The van der Waals surface area contributed by atoms with Gasteiger partial charge in [0.05, 0.1) is 0 Å². The van der Waals surface area contributed by atoms with Crippen molar-refractivity contribution in [2.45, 2.75) is 70.9 Å². The van der Waals surface area contributed by atoms with Crippen LogP contribution >= 0.6 is 0 Å². The molecular formula is C17H28N2O4. The number of carboxylic acid groups (broad SMARTS) is 1. The molecule has 2 aliphatic rings. The van der Waals surface area contributed by atoms with Crippen molar-refractivity contribution in [2.75, 3.05) is 6.54 Å². The fraction of sp³-hybridized carbons (Fsp3) is 0.824. The van der Waals surface area contributed by atoms with E-state index in [1.807, 2.05) is 13.8 Å². The van der Waals surface area contributed by atoms with E-state index in [-0.39, 0.29) is 23.7 Å². The number of aliphatic carboxylic acids is 1. The molecule has 0 radical (unpaired) electrons. The van der Waals surface area contributed by atoms with Gasteiger partial charge in [0.2, 0.25) is 11.8 Å². The van der Waals surface area contributed by atoms with E-state index >= 15 is 0 Å². The van der Waals surface area contributed by atoms with Crippen LogP contribution in [-0.2, 0) is 14.4 Å². The van der Waals surface area contributed by atoms with Crippen molar-refractivity contribution in [1.29, 1.82) is 0 Å². The van der Waals surface area contributed by atoms with E-state index in [9.17, 15) is 19.5 Å². The number of nitrogens with one attached hydrogen (secondary N) is 1. The number of amides is 2. The second-order valence-electron chi connectivity index (χ2n) is 7.09. The zero-order valence-corrected chi connectivity index (χ0v) is 14.1. The highest BCUT2D eigenvalue weighted by atomic mass is 16.4. The molecule has 2 fully saturated rings. The first kappa shape index (κ1) is 17.8. The zero-order valence-electron chi connectivity index (χ0n) is 14.1. The Balaban J connectivity index is 2.03. The quantitative estimate of drug-likeness (QED) is 0.807. The van der Waals surface area contributed by atoms with Crippen LogP contribution in [0.3, 0.4) is 0 Å². The minimum Gasteiger partial charge on any atom is -0.480 e. The Morgan fingerprint density at radius 2 is 1.70 bits per heavy atom. The molecule has 23 heavy (non-hydrogen) atoms. The van der Waals surface area contributed by atoms with Crippen LogP contribution in [0.5, 0.6) is 0 Å². The van der Waals surface area contributed by atoms with Crippen LogP contribution in [0, 0.1) is 11.8 Å². The number of carbonyl (C=O) groups is 3. The van der Waals surface area contributed by atoms with Crippen molar-refractivity contribution in [3.05, 3.63) is 0 Å². The summed E-state index contributed by atoms with van der Waals surface area (Å²) in [5.74, 6) is -1.34. The Morgan fingerprint density at radius 1 is 1.04 bits per heavy atom. The summed E-state index contributed by atoms with van der Waals surface area (Å²) in [6.07, 6.45) is 6.24. The van der Waals surface area contributed by atoms with E-state index in [1.54, 1.807) is 0 Å². The van der Waals surface area contributed by atoms with Gasteiger partial charge in [-0.3, -0.25) is 9.59 Å². The van der Waals surface area contributed by atoms with Gasteiger partial charge in [-0.1, -0.05) is 33.1 Å². The third-order valence-electron chi connectivity index (χ3n) is 5.03. The molecule has 2 amide bonds. The third-order valence-corrected chi connectivity index (χ3v) is 5.03. The molecule has 6 nitrogen and oxygen atoms in total. The topological polar surface area (TPSA) is 86.7 Å². The Morgan fingerprint density at radius 3 is 2.26 bits per heavy atom. The van der Waals surface area contributed by atoms with Crippen molar-refractivity contribution in [2.24, 2.45) is 11.8 Å². The van der Waals surface area contributed by atoms with Crippen LogP contribution in [0.2, 0.25) is 0 Å². The SMILES string of the molecule is CC(C)C(NC(=O)C1CCCCC1)C(=O)N1CCC[C@H]1C(=O)O. The standard InChI is InChI=1S/C17H28N2O4/c1-11(2)14(18-15(20)12-7-4-3-5-8-12)16(21)19-10-6-9-13(19)17(22)23/h11-14H,3-10H2,1-2H3,(H,18,20)(H,22,23)/t13-,14?/m0/s1. The lowest BCUT2D eigenvalue weighted by Crippen LogP contribution is -2.54. The van der Waals surface area contributed by atoms with Crippen LogP contribution < -0.4 is 5.32 Å². The van der Waals surface area contributed by atoms with E-state index in [2.05, 4.69) is 5.32 Å². The molecule has 0 aromatic rings. The van der Waals surface area contributed by atoms with Gasteiger partial charge in [0.15, 0.2) is 0 Å². The summed E-state index contributed by atoms with van der Waals surface area (Å²) in [6.45, 7) is 4.23. The number of carboxylic acids is 1. The molecule has 2 atom stereocenters. The molecular weight excluding hydrogens is 296 g/mol. The van der Waals surface area contributed by atoms with Crippen molar-refractivity contribution in [3.8, 4) is 0 Å². The lowest BCUT2D eigenvalue weighted by molar-refractivity contribution is -0.150. The number of rotatable bonds is 5. The Bertz CT molecular complexity index is 458. The second-order valence-corrected chi connectivity index (χ2v) is 7.09. The smallest absolute Gasteiger partial charge is 0.326 e. The van der Waals surface area contributed by atoms with Crippen molar-refractivity contribution >= 4 is 17.8 Å². The molecule has 2 rings (SSSR count). The minimum atomic E-state index is -0.961. The number of hydrogen-bond donors (Lipinski definition) is 2. The highest BCUT2D eigenvalue weighted by Gasteiger charge is 2.39. The highest BCUT2D eigenvalue weighted by Crippen LogP contribution is 2.25. The first-order valence-corrected chi connectivity index (χ1v) is 8.75. The summed E-state index contributed by atoms with van der Waals surface area (Å²) < 4.78 is 0. The summed E-state index contributed by atoms with van der Waals surface area (Å²) >= 11 is 0. The first-order valence-electron chi connectivity index (χ1n) is 8.75. The largest absolute Gasteiger partial charge is 0.480 e. The van der Waals surface area contributed by atoms with E-state index < -0.39 is 18.1 Å². The summed E-state index contributed by atoms with van der Waals surface area (Å²) in [4.78, 5) is 37.9. The fourth-order valence-corrected chi connectivity index (χ4v) is 3.62. The lowest BCUT2D eigenvalue weighted by atomic mass is 9.88. The molecule has 0 bridgehead atoms. The molecule has 6 heteroatoms. The van der Waals surface area contributed by atoms with Crippen LogP contribution in [0.1, 0.15) is 58.8 Å². The highest BCUT2D eigenvalue weighted by molar-refractivity contribution is 5.91. The lowest BCUT2D eigenvalue weighted by Gasteiger charge is -2.31. The van der Waals surface area contributed by atoms with Crippen molar-refractivity contribution < 1.29 is 19.5 Å². The van der Waals surface area contributed by atoms with Gasteiger partial charge in [-0.15, -0.1) is 0 Å². The molecule has 0 aromatic carbocycles. The average molecular weight is 324 g/mol. The van der Waals surface area contributed by atoms with E-state index in [0.29, 0.717) is 19.4 Å².